The highest BCUT2D eigenvalue weighted by Crippen LogP contribution is 2.32. The molecule has 0 aliphatic heterocycles. The summed E-state index contributed by atoms with van der Waals surface area (Å²) in [7, 11) is 0. The summed E-state index contributed by atoms with van der Waals surface area (Å²) in [6.45, 7) is 2.51. The maximum atomic E-state index is 12.0. The Morgan fingerprint density at radius 2 is 2.26 bits per heavy atom. The third-order valence-electron chi connectivity index (χ3n) is 3.63. The van der Waals surface area contributed by atoms with Gasteiger partial charge in [0.1, 0.15) is 0 Å². The van der Waals surface area contributed by atoms with Gasteiger partial charge in [0.15, 0.2) is 0 Å². The van der Waals surface area contributed by atoms with Crippen molar-refractivity contribution in [1.29, 1.82) is 0 Å². The van der Waals surface area contributed by atoms with Gasteiger partial charge in [0, 0.05) is 24.0 Å². The van der Waals surface area contributed by atoms with Crippen LogP contribution in [0, 0.1) is 11.8 Å². The molecule has 0 spiro atoms. The molecule has 104 valence electrons. The predicted octanol–water partition coefficient (Wildman–Crippen LogP) is 1.86. The molecule has 19 heavy (non-hydrogen) atoms. The van der Waals surface area contributed by atoms with Crippen LogP contribution in [0.2, 0.25) is 0 Å². The van der Waals surface area contributed by atoms with E-state index in [4.69, 9.17) is 5.11 Å². The molecule has 3 atom stereocenters. The largest absolute Gasteiger partial charge is 0.481 e. The maximum absolute atomic E-state index is 12.0. The Hall–Kier alpha value is -1.43. The summed E-state index contributed by atoms with van der Waals surface area (Å²) >= 11 is 1.56. The van der Waals surface area contributed by atoms with Gasteiger partial charge in [-0.2, -0.15) is 0 Å². The highest BCUT2D eigenvalue weighted by Gasteiger charge is 2.37. The van der Waals surface area contributed by atoms with E-state index in [1.165, 1.54) is 0 Å². The number of hydrogen-bond acceptors (Lipinski definition) is 4. The molecule has 0 bridgehead atoms. The van der Waals surface area contributed by atoms with Crippen molar-refractivity contribution in [3.8, 4) is 0 Å². The molecule has 1 amide bonds. The van der Waals surface area contributed by atoms with Gasteiger partial charge >= 0.3 is 5.97 Å². The highest BCUT2D eigenvalue weighted by molar-refractivity contribution is 7.09. The van der Waals surface area contributed by atoms with E-state index in [1.807, 2.05) is 12.3 Å². The number of rotatable bonds is 5. The van der Waals surface area contributed by atoms with Crippen LogP contribution in [-0.2, 0) is 9.59 Å². The Bertz CT molecular complexity index is 447. The van der Waals surface area contributed by atoms with E-state index in [9.17, 15) is 9.59 Å². The first kappa shape index (κ1) is 14.0. The van der Waals surface area contributed by atoms with E-state index in [0.717, 1.165) is 11.4 Å². The van der Waals surface area contributed by atoms with Crippen LogP contribution in [0.5, 0.6) is 0 Å². The quantitative estimate of drug-likeness (QED) is 0.864. The number of carbonyl (C=O) groups is 2. The third kappa shape index (κ3) is 3.32. The second-order valence-electron chi connectivity index (χ2n) is 5.00. The number of amides is 1. The Morgan fingerprint density at radius 1 is 1.53 bits per heavy atom. The fourth-order valence-electron chi connectivity index (χ4n) is 2.52. The third-order valence-corrected chi connectivity index (χ3v) is 4.63. The lowest BCUT2D eigenvalue weighted by atomic mass is 9.95. The van der Waals surface area contributed by atoms with Crippen LogP contribution in [0.25, 0.3) is 0 Å². The van der Waals surface area contributed by atoms with Crippen LogP contribution in [0.15, 0.2) is 11.6 Å². The zero-order valence-electron chi connectivity index (χ0n) is 10.8. The minimum atomic E-state index is -0.856. The topological polar surface area (TPSA) is 79.3 Å². The first-order chi connectivity index (χ1) is 9.09. The van der Waals surface area contributed by atoms with Crippen molar-refractivity contribution in [3.05, 3.63) is 16.6 Å². The number of aliphatic carboxylic acids is 1. The molecule has 0 saturated heterocycles. The van der Waals surface area contributed by atoms with Gasteiger partial charge in [-0.3, -0.25) is 9.59 Å². The molecule has 1 aromatic heterocycles. The normalized spacial score (nSPS) is 24.1. The lowest BCUT2D eigenvalue weighted by molar-refractivity contribution is -0.146. The van der Waals surface area contributed by atoms with Crippen molar-refractivity contribution < 1.29 is 14.7 Å². The number of thiazole rings is 1. The first-order valence-corrected chi connectivity index (χ1v) is 7.37. The molecule has 1 fully saturated rings. The second kappa shape index (κ2) is 6.14. The Morgan fingerprint density at radius 3 is 2.89 bits per heavy atom. The molecule has 1 heterocycles. The predicted molar refractivity (Wildman–Crippen MR) is 72.0 cm³/mol. The van der Waals surface area contributed by atoms with E-state index in [0.29, 0.717) is 19.4 Å². The summed E-state index contributed by atoms with van der Waals surface area (Å²) in [4.78, 5) is 27.3. The van der Waals surface area contributed by atoms with Gasteiger partial charge in [-0.1, -0.05) is 13.3 Å². The van der Waals surface area contributed by atoms with Crippen LogP contribution < -0.4 is 5.32 Å². The van der Waals surface area contributed by atoms with Crippen LogP contribution in [-0.4, -0.2) is 28.5 Å². The van der Waals surface area contributed by atoms with Gasteiger partial charge in [0.05, 0.1) is 16.8 Å². The molecule has 5 nitrogen and oxygen atoms in total. The van der Waals surface area contributed by atoms with Crippen LogP contribution >= 0.6 is 11.3 Å². The summed E-state index contributed by atoms with van der Waals surface area (Å²) in [5.74, 6) is -1.72. The van der Waals surface area contributed by atoms with E-state index in [1.54, 1.807) is 17.5 Å². The zero-order chi connectivity index (χ0) is 13.8. The molecule has 0 aromatic carbocycles. The standard InChI is InChI=1S/C13H18N2O3S/c1-8(12-14-5-6-19-12)7-15-11(16)9-3-2-4-10(9)13(17)18/h5-6,8-10H,2-4,7H2,1H3,(H,15,16)(H,17,18)/t8?,9-,10+/m1/s1. The monoisotopic (exact) mass is 282 g/mol. The first-order valence-electron chi connectivity index (χ1n) is 6.49. The summed E-state index contributed by atoms with van der Waals surface area (Å²) in [6, 6.07) is 0. The van der Waals surface area contributed by atoms with Crippen molar-refractivity contribution in [3.63, 3.8) is 0 Å². The SMILES string of the molecule is CC(CNC(=O)[C@@H]1CCC[C@@H]1C(=O)O)c1nccs1. The number of carboxylic acid groups (broad SMARTS) is 1. The number of nitrogens with zero attached hydrogens (tertiary/aromatic N) is 1. The van der Waals surface area contributed by atoms with Crippen molar-refractivity contribution in [1.82, 2.24) is 10.3 Å². The van der Waals surface area contributed by atoms with Crippen molar-refractivity contribution in [2.45, 2.75) is 32.1 Å². The molecule has 2 rings (SSSR count). The van der Waals surface area contributed by atoms with Crippen LogP contribution in [0.4, 0.5) is 0 Å². The van der Waals surface area contributed by atoms with Gasteiger partial charge in [-0.25, -0.2) is 4.98 Å². The molecule has 1 aliphatic rings. The van der Waals surface area contributed by atoms with E-state index >= 15 is 0 Å². The number of hydrogen-bond donors (Lipinski definition) is 2. The minimum Gasteiger partial charge on any atom is -0.481 e. The molecule has 2 N–H and O–H groups in total. The summed E-state index contributed by atoms with van der Waals surface area (Å²) in [5, 5.41) is 14.8. The molecule has 0 radical (unpaired) electrons. The van der Waals surface area contributed by atoms with Gasteiger partial charge in [0.25, 0.3) is 0 Å². The molecule has 1 saturated carbocycles. The van der Waals surface area contributed by atoms with E-state index in [2.05, 4.69) is 10.3 Å². The fraction of sp³-hybridized carbons (Fsp3) is 0.615. The minimum absolute atomic E-state index is 0.131. The molecule has 1 aliphatic carbocycles. The average Bonchev–Trinajstić information content (AvgIpc) is 3.04. The van der Waals surface area contributed by atoms with E-state index in [-0.39, 0.29) is 17.7 Å². The highest BCUT2D eigenvalue weighted by atomic mass is 32.1. The van der Waals surface area contributed by atoms with E-state index < -0.39 is 11.9 Å². The molecular weight excluding hydrogens is 264 g/mol. The number of aromatic nitrogens is 1. The molecule has 1 aromatic rings. The second-order valence-corrected chi connectivity index (χ2v) is 5.92. The lowest BCUT2D eigenvalue weighted by Crippen LogP contribution is -2.37. The smallest absolute Gasteiger partial charge is 0.307 e. The van der Waals surface area contributed by atoms with Gasteiger partial charge in [0.2, 0.25) is 5.91 Å². The number of carbonyl (C=O) groups excluding carboxylic acids is 1. The van der Waals surface area contributed by atoms with Gasteiger partial charge in [-0.15, -0.1) is 11.3 Å². The Labute approximate surface area is 116 Å². The van der Waals surface area contributed by atoms with Crippen molar-refractivity contribution >= 4 is 23.2 Å². The maximum Gasteiger partial charge on any atom is 0.307 e. The molecule has 1 unspecified atom stereocenters. The van der Waals surface area contributed by atoms with Crippen molar-refractivity contribution in [2.75, 3.05) is 6.54 Å². The summed E-state index contributed by atoms with van der Waals surface area (Å²) in [5.41, 5.74) is 0. The number of nitrogens with one attached hydrogen (secondary N) is 1. The summed E-state index contributed by atoms with van der Waals surface area (Å²) < 4.78 is 0. The molecule has 6 heteroatoms. The van der Waals surface area contributed by atoms with Gasteiger partial charge in [-0.05, 0) is 12.8 Å². The Balaban J connectivity index is 1.86. The van der Waals surface area contributed by atoms with Crippen LogP contribution in [0.1, 0.15) is 37.1 Å². The fourth-order valence-corrected chi connectivity index (χ4v) is 3.22. The average molecular weight is 282 g/mol. The Kier molecular flexibility index (Phi) is 4.52. The molecular formula is C13H18N2O3S. The van der Waals surface area contributed by atoms with Gasteiger partial charge < -0.3 is 10.4 Å². The van der Waals surface area contributed by atoms with Crippen LogP contribution in [0.3, 0.4) is 0 Å². The van der Waals surface area contributed by atoms with Crippen molar-refractivity contribution in [2.24, 2.45) is 11.8 Å². The zero-order valence-corrected chi connectivity index (χ0v) is 11.7. The lowest BCUT2D eigenvalue weighted by Gasteiger charge is -2.17. The summed E-state index contributed by atoms with van der Waals surface area (Å²) in [6.07, 6.45) is 3.84. The number of carboxylic acids is 1.